The molecule has 110 valence electrons. The second-order valence-electron chi connectivity index (χ2n) is 4.40. The molecule has 0 amide bonds. The molecule has 0 saturated carbocycles. The van der Waals surface area contributed by atoms with E-state index in [1.54, 1.807) is 12.1 Å². The maximum absolute atomic E-state index is 11.7. The van der Waals surface area contributed by atoms with E-state index in [4.69, 9.17) is 10.5 Å². The molecule has 2 heterocycles. The van der Waals surface area contributed by atoms with Gasteiger partial charge in [0.1, 0.15) is 17.2 Å². The van der Waals surface area contributed by atoms with Gasteiger partial charge in [0.2, 0.25) is 5.95 Å². The Morgan fingerprint density at radius 3 is 3.05 bits per heavy atom. The van der Waals surface area contributed by atoms with Crippen LogP contribution in [0.2, 0.25) is 0 Å². The van der Waals surface area contributed by atoms with Gasteiger partial charge in [0.15, 0.2) is 5.82 Å². The summed E-state index contributed by atoms with van der Waals surface area (Å²) in [4.78, 5) is 19.3. The molecule has 1 atom stereocenters. The zero-order chi connectivity index (χ0) is 15.0. The number of aliphatic hydroxyl groups is 1. The Kier molecular flexibility index (Phi) is 3.03. The highest BCUT2D eigenvalue weighted by Gasteiger charge is 2.29. The van der Waals surface area contributed by atoms with Crippen molar-refractivity contribution in [1.82, 2.24) is 9.97 Å². The van der Waals surface area contributed by atoms with Crippen LogP contribution in [0.3, 0.4) is 0 Å². The third-order valence-corrected chi connectivity index (χ3v) is 2.94. The molecule has 0 aliphatic carbocycles. The Morgan fingerprint density at radius 1 is 1.48 bits per heavy atom. The van der Waals surface area contributed by atoms with Crippen LogP contribution in [0.1, 0.15) is 0 Å². The molecule has 1 aromatic carbocycles. The van der Waals surface area contributed by atoms with Gasteiger partial charge < -0.3 is 26.0 Å². The number of rotatable bonds is 3. The number of phenols is 1. The van der Waals surface area contributed by atoms with Gasteiger partial charge in [-0.2, -0.15) is 4.98 Å². The zero-order valence-electron chi connectivity index (χ0n) is 10.8. The number of nitrogens with zero attached hydrogens (tertiary/aromatic N) is 2. The van der Waals surface area contributed by atoms with E-state index in [9.17, 15) is 15.0 Å². The van der Waals surface area contributed by atoms with Crippen LogP contribution < -0.4 is 26.2 Å². The summed E-state index contributed by atoms with van der Waals surface area (Å²) in [5.74, 6) is 0.424. The number of aromatic hydroxyl groups is 1. The standard InChI is InChI=1S/C12H13N5O4/c13-11-15-9-8(10(19)16-11)14-5-17(9)12(20)21-7-3-1-2-6(18)4-7/h1-4,12,14,18,20H,5H2,(H3,13,15,16,19). The summed E-state index contributed by atoms with van der Waals surface area (Å²) in [5.41, 5.74) is 5.27. The first-order chi connectivity index (χ1) is 10.0. The third-order valence-electron chi connectivity index (χ3n) is 2.94. The molecule has 3 rings (SSSR count). The van der Waals surface area contributed by atoms with E-state index in [2.05, 4.69) is 15.3 Å². The van der Waals surface area contributed by atoms with Gasteiger partial charge >= 0.3 is 0 Å². The highest BCUT2D eigenvalue weighted by atomic mass is 16.6. The molecule has 6 N–H and O–H groups in total. The van der Waals surface area contributed by atoms with Crippen LogP contribution in [0, 0.1) is 0 Å². The number of H-pyrrole nitrogens is 1. The summed E-state index contributed by atoms with van der Waals surface area (Å²) in [7, 11) is 0. The molecule has 0 bridgehead atoms. The quantitative estimate of drug-likeness (QED) is 0.482. The Bertz CT molecular complexity index is 732. The summed E-state index contributed by atoms with van der Waals surface area (Å²) in [6.45, 7) is 0.134. The van der Waals surface area contributed by atoms with E-state index in [-0.39, 0.29) is 35.6 Å². The predicted octanol–water partition coefficient (Wildman–Crippen LogP) is -0.398. The molecule has 1 aromatic heterocycles. The fraction of sp³-hybridized carbons (Fsp3) is 0.167. The minimum atomic E-state index is -1.39. The fourth-order valence-corrected chi connectivity index (χ4v) is 2.01. The Labute approximate surface area is 118 Å². The fourth-order valence-electron chi connectivity index (χ4n) is 2.01. The maximum Gasteiger partial charge on any atom is 0.284 e. The van der Waals surface area contributed by atoms with Crippen molar-refractivity contribution in [2.24, 2.45) is 0 Å². The monoisotopic (exact) mass is 291 g/mol. The highest BCUT2D eigenvalue weighted by molar-refractivity contribution is 5.70. The smallest absolute Gasteiger partial charge is 0.284 e. The lowest BCUT2D eigenvalue weighted by Crippen LogP contribution is -2.39. The van der Waals surface area contributed by atoms with Crippen molar-refractivity contribution >= 4 is 17.5 Å². The lowest BCUT2D eigenvalue weighted by molar-refractivity contribution is -0.0173. The number of fused-ring (bicyclic) bond motifs is 1. The molecule has 9 heteroatoms. The molecular formula is C12H13N5O4. The molecule has 1 unspecified atom stereocenters. The van der Waals surface area contributed by atoms with Gasteiger partial charge in [-0.05, 0) is 12.1 Å². The highest BCUT2D eigenvalue weighted by Crippen LogP contribution is 2.28. The van der Waals surface area contributed by atoms with Crippen molar-refractivity contribution in [2.75, 3.05) is 22.6 Å². The molecule has 0 fully saturated rings. The van der Waals surface area contributed by atoms with Crippen LogP contribution >= 0.6 is 0 Å². The molecule has 1 aliphatic heterocycles. The molecule has 2 aromatic rings. The molecule has 9 nitrogen and oxygen atoms in total. The largest absolute Gasteiger partial charge is 0.508 e. The van der Waals surface area contributed by atoms with Gasteiger partial charge in [0, 0.05) is 6.07 Å². The number of aromatic nitrogens is 2. The maximum atomic E-state index is 11.7. The average molecular weight is 291 g/mol. The number of benzene rings is 1. The van der Waals surface area contributed by atoms with Gasteiger partial charge in [0.25, 0.3) is 12.0 Å². The molecule has 0 saturated heterocycles. The van der Waals surface area contributed by atoms with Gasteiger partial charge in [-0.1, -0.05) is 6.07 Å². The number of ether oxygens (including phenoxy) is 1. The number of aromatic amines is 1. The van der Waals surface area contributed by atoms with Gasteiger partial charge in [-0.15, -0.1) is 0 Å². The van der Waals surface area contributed by atoms with Crippen LogP contribution in [0.15, 0.2) is 29.1 Å². The van der Waals surface area contributed by atoms with E-state index in [0.29, 0.717) is 0 Å². The van der Waals surface area contributed by atoms with Crippen LogP contribution in [-0.4, -0.2) is 33.3 Å². The van der Waals surface area contributed by atoms with Crippen molar-refractivity contribution < 1.29 is 14.9 Å². The lowest BCUT2D eigenvalue weighted by Gasteiger charge is -2.24. The van der Waals surface area contributed by atoms with E-state index in [1.807, 2.05) is 0 Å². The van der Waals surface area contributed by atoms with Gasteiger partial charge in [0.05, 0.1) is 6.67 Å². The van der Waals surface area contributed by atoms with E-state index in [0.717, 1.165) is 0 Å². The second-order valence-corrected chi connectivity index (χ2v) is 4.40. The SMILES string of the molecule is Nc1nc2c(c(=O)[nH]1)NCN2C(O)Oc1cccc(O)c1. The topological polar surface area (TPSA) is 137 Å². The number of hydrogen-bond acceptors (Lipinski definition) is 8. The number of nitrogens with two attached hydrogens (primary N) is 1. The number of phenolic OH excluding ortho intramolecular Hbond substituents is 1. The van der Waals surface area contributed by atoms with Crippen LogP contribution in [0.25, 0.3) is 0 Å². The first-order valence-electron chi connectivity index (χ1n) is 6.08. The summed E-state index contributed by atoms with van der Waals surface area (Å²) in [6.07, 6.45) is -1.39. The molecule has 0 spiro atoms. The first kappa shape index (κ1) is 13.1. The van der Waals surface area contributed by atoms with Crippen molar-refractivity contribution in [3.63, 3.8) is 0 Å². The van der Waals surface area contributed by atoms with Crippen LogP contribution in [0.5, 0.6) is 11.5 Å². The minimum absolute atomic E-state index is 0.0125. The normalized spacial score (nSPS) is 14.4. The van der Waals surface area contributed by atoms with E-state index < -0.39 is 12.0 Å². The second kappa shape index (κ2) is 4.87. The molecule has 0 radical (unpaired) electrons. The average Bonchev–Trinajstić information content (AvgIpc) is 2.82. The van der Waals surface area contributed by atoms with E-state index >= 15 is 0 Å². The Morgan fingerprint density at radius 2 is 2.29 bits per heavy atom. The summed E-state index contributed by atoms with van der Waals surface area (Å²) < 4.78 is 5.30. The van der Waals surface area contributed by atoms with Crippen molar-refractivity contribution in [2.45, 2.75) is 6.41 Å². The number of nitrogen functional groups attached to an aromatic ring is 1. The van der Waals surface area contributed by atoms with Gasteiger partial charge in [-0.3, -0.25) is 14.7 Å². The van der Waals surface area contributed by atoms with Crippen molar-refractivity contribution in [1.29, 1.82) is 0 Å². The van der Waals surface area contributed by atoms with E-state index in [1.165, 1.54) is 17.0 Å². The summed E-state index contributed by atoms with van der Waals surface area (Å²) in [5, 5.41) is 22.3. The summed E-state index contributed by atoms with van der Waals surface area (Å²) >= 11 is 0. The molecule has 21 heavy (non-hydrogen) atoms. The van der Waals surface area contributed by atoms with Crippen LogP contribution in [-0.2, 0) is 0 Å². The number of anilines is 3. The van der Waals surface area contributed by atoms with Crippen molar-refractivity contribution in [3.05, 3.63) is 34.6 Å². The number of nitrogens with one attached hydrogen (secondary N) is 2. The zero-order valence-corrected chi connectivity index (χ0v) is 10.8. The molecule has 1 aliphatic rings. The Balaban J connectivity index is 1.85. The number of hydrogen-bond donors (Lipinski definition) is 5. The third kappa shape index (κ3) is 2.41. The molecular weight excluding hydrogens is 278 g/mol. The minimum Gasteiger partial charge on any atom is -0.508 e. The van der Waals surface area contributed by atoms with Crippen molar-refractivity contribution in [3.8, 4) is 11.5 Å². The lowest BCUT2D eigenvalue weighted by atomic mass is 10.3. The predicted molar refractivity (Wildman–Crippen MR) is 75.0 cm³/mol. The first-order valence-corrected chi connectivity index (χ1v) is 6.08. The summed E-state index contributed by atoms with van der Waals surface area (Å²) in [6, 6.07) is 5.99. The van der Waals surface area contributed by atoms with Crippen LogP contribution in [0.4, 0.5) is 17.5 Å². The van der Waals surface area contributed by atoms with Gasteiger partial charge in [-0.25, -0.2) is 0 Å². The number of aliphatic hydroxyl groups excluding tert-OH is 1. The Hall–Kier alpha value is -2.94.